The van der Waals surface area contributed by atoms with Gasteiger partial charge in [-0.05, 0) is 42.2 Å². The maximum Gasteiger partial charge on any atom is 0.226 e. The molecule has 0 saturated carbocycles. The Kier molecular flexibility index (Phi) is 6.78. The molecule has 4 rings (SSSR count). The lowest BCUT2D eigenvalue weighted by Crippen LogP contribution is -2.47. The SMILES string of the molecule is CCC(=O)N1CCCc2cc([C@@H](O)CN3CCN(c4ccccc4OC)CC3)ccc21. The van der Waals surface area contributed by atoms with Gasteiger partial charge in [-0.15, -0.1) is 0 Å². The molecule has 2 aromatic carbocycles. The summed E-state index contributed by atoms with van der Waals surface area (Å²) in [4.78, 5) is 18.8. The van der Waals surface area contributed by atoms with Gasteiger partial charge in [0.05, 0.1) is 18.9 Å². The van der Waals surface area contributed by atoms with Crippen LogP contribution >= 0.6 is 0 Å². The van der Waals surface area contributed by atoms with Crippen molar-refractivity contribution in [2.24, 2.45) is 0 Å². The predicted molar refractivity (Wildman–Crippen MR) is 124 cm³/mol. The Morgan fingerprint density at radius 3 is 2.58 bits per heavy atom. The Labute approximate surface area is 185 Å². The van der Waals surface area contributed by atoms with Crippen LogP contribution in [0.2, 0.25) is 0 Å². The number of amides is 1. The molecule has 6 heteroatoms. The van der Waals surface area contributed by atoms with Gasteiger partial charge in [0.1, 0.15) is 5.75 Å². The number of hydrogen-bond donors (Lipinski definition) is 1. The molecule has 31 heavy (non-hydrogen) atoms. The second-order valence-electron chi connectivity index (χ2n) is 8.37. The lowest BCUT2D eigenvalue weighted by molar-refractivity contribution is -0.118. The van der Waals surface area contributed by atoms with Crippen molar-refractivity contribution in [3.63, 3.8) is 0 Å². The monoisotopic (exact) mass is 423 g/mol. The van der Waals surface area contributed by atoms with Gasteiger partial charge in [-0.3, -0.25) is 9.69 Å². The minimum Gasteiger partial charge on any atom is -0.495 e. The zero-order valence-electron chi connectivity index (χ0n) is 18.6. The van der Waals surface area contributed by atoms with Crippen molar-refractivity contribution in [3.8, 4) is 5.75 Å². The summed E-state index contributed by atoms with van der Waals surface area (Å²) in [5.74, 6) is 1.07. The first kappa shape index (κ1) is 21.7. The van der Waals surface area contributed by atoms with Crippen LogP contribution in [-0.2, 0) is 11.2 Å². The largest absolute Gasteiger partial charge is 0.495 e. The van der Waals surface area contributed by atoms with E-state index in [-0.39, 0.29) is 5.91 Å². The van der Waals surface area contributed by atoms with Gasteiger partial charge in [0, 0.05) is 51.4 Å². The summed E-state index contributed by atoms with van der Waals surface area (Å²) in [6, 6.07) is 14.2. The van der Waals surface area contributed by atoms with Crippen molar-refractivity contribution < 1.29 is 14.6 Å². The average Bonchev–Trinajstić information content (AvgIpc) is 2.83. The maximum atomic E-state index is 12.2. The molecule has 0 radical (unpaired) electrons. The maximum absolute atomic E-state index is 12.2. The normalized spacial score (nSPS) is 17.9. The summed E-state index contributed by atoms with van der Waals surface area (Å²) < 4.78 is 5.50. The van der Waals surface area contributed by atoms with E-state index in [1.54, 1.807) is 7.11 Å². The van der Waals surface area contributed by atoms with E-state index in [1.165, 1.54) is 5.56 Å². The van der Waals surface area contributed by atoms with Crippen LogP contribution in [0.4, 0.5) is 11.4 Å². The Hall–Kier alpha value is -2.57. The summed E-state index contributed by atoms with van der Waals surface area (Å²) in [6.45, 7) is 6.94. The molecule has 0 spiro atoms. The first-order valence-corrected chi connectivity index (χ1v) is 11.3. The number of carbonyl (C=O) groups is 1. The first-order chi connectivity index (χ1) is 15.1. The molecule has 1 atom stereocenters. The fourth-order valence-corrected chi connectivity index (χ4v) is 4.69. The molecule has 2 aliphatic heterocycles. The molecular weight excluding hydrogens is 390 g/mol. The third-order valence-electron chi connectivity index (χ3n) is 6.44. The van der Waals surface area contributed by atoms with Crippen molar-refractivity contribution in [2.75, 3.05) is 56.2 Å². The number of piperazine rings is 1. The third kappa shape index (κ3) is 4.70. The third-order valence-corrected chi connectivity index (χ3v) is 6.44. The molecule has 0 aromatic heterocycles. The number of anilines is 2. The summed E-state index contributed by atoms with van der Waals surface area (Å²) in [7, 11) is 1.71. The summed E-state index contributed by atoms with van der Waals surface area (Å²) >= 11 is 0. The molecule has 2 aliphatic rings. The number of hydrogen-bond acceptors (Lipinski definition) is 5. The molecule has 1 amide bonds. The first-order valence-electron chi connectivity index (χ1n) is 11.3. The van der Waals surface area contributed by atoms with Crippen LogP contribution in [0, 0.1) is 0 Å². The van der Waals surface area contributed by atoms with Crippen LogP contribution in [0.3, 0.4) is 0 Å². The van der Waals surface area contributed by atoms with E-state index in [4.69, 9.17) is 4.74 Å². The summed E-state index contributed by atoms with van der Waals surface area (Å²) in [5.41, 5.74) is 4.26. The van der Waals surface area contributed by atoms with Crippen molar-refractivity contribution in [2.45, 2.75) is 32.3 Å². The highest BCUT2D eigenvalue weighted by molar-refractivity contribution is 5.94. The fraction of sp³-hybridized carbons (Fsp3) is 0.480. The number of aliphatic hydroxyl groups excluding tert-OH is 1. The Morgan fingerprint density at radius 2 is 1.84 bits per heavy atom. The molecule has 6 nitrogen and oxygen atoms in total. The van der Waals surface area contributed by atoms with Crippen LogP contribution in [0.25, 0.3) is 0 Å². The van der Waals surface area contributed by atoms with Crippen LogP contribution < -0.4 is 14.5 Å². The molecule has 2 aromatic rings. The highest BCUT2D eigenvalue weighted by Crippen LogP contribution is 2.31. The van der Waals surface area contributed by atoms with E-state index >= 15 is 0 Å². The fourth-order valence-electron chi connectivity index (χ4n) is 4.69. The zero-order valence-corrected chi connectivity index (χ0v) is 18.6. The van der Waals surface area contributed by atoms with E-state index in [1.807, 2.05) is 42.2 Å². The van der Waals surface area contributed by atoms with Crippen LogP contribution in [0.5, 0.6) is 5.75 Å². The van der Waals surface area contributed by atoms with Gasteiger partial charge in [-0.2, -0.15) is 0 Å². The molecule has 2 heterocycles. The minimum atomic E-state index is -0.527. The molecule has 1 N–H and O–H groups in total. The number of β-amino-alcohol motifs (C(OH)–C–C–N with tert-alkyl or cyclic N) is 1. The number of fused-ring (bicyclic) bond motifs is 1. The molecule has 1 saturated heterocycles. The smallest absolute Gasteiger partial charge is 0.226 e. The number of ether oxygens (including phenoxy) is 1. The van der Waals surface area contributed by atoms with E-state index in [0.717, 1.165) is 68.3 Å². The van der Waals surface area contributed by atoms with Gasteiger partial charge in [0.15, 0.2) is 0 Å². The predicted octanol–water partition coefficient (Wildman–Crippen LogP) is 3.24. The van der Waals surface area contributed by atoms with Gasteiger partial charge < -0.3 is 19.6 Å². The Bertz CT molecular complexity index is 909. The zero-order chi connectivity index (χ0) is 21.8. The van der Waals surface area contributed by atoms with E-state index in [2.05, 4.69) is 21.9 Å². The lowest BCUT2D eigenvalue weighted by atomic mass is 9.96. The number of aliphatic hydroxyl groups is 1. The van der Waals surface area contributed by atoms with Gasteiger partial charge in [0.25, 0.3) is 0 Å². The van der Waals surface area contributed by atoms with Crippen LogP contribution in [-0.4, -0.2) is 62.3 Å². The molecule has 1 fully saturated rings. The second-order valence-corrected chi connectivity index (χ2v) is 8.37. The Morgan fingerprint density at radius 1 is 1.06 bits per heavy atom. The standard InChI is InChI=1S/C25H33N3O3/c1-3-25(30)28-12-6-7-19-17-20(10-11-21(19)28)23(29)18-26-13-15-27(16-14-26)22-8-4-5-9-24(22)31-2/h4-5,8-11,17,23,29H,3,6-7,12-16,18H2,1-2H3/t23-/m0/s1. The minimum absolute atomic E-state index is 0.169. The van der Waals surface area contributed by atoms with Gasteiger partial charge >= 0.3 is 0 Å². The molecule has 0 aliphatic carbocycles. The van der Waals surface area contributed by atoms with E-state index < -0.39 is 6.10 Å². The number of nitrogens with zero attached hydrogens (tertiary/aromatic N) is 3. The Balaban J connectivity index is 1.37. The number of methoxy groups -OCH3 is 1. The second kappa shape index (κ2) is 9.71. The van der Waals surface area contributed by atoms with Gasteiger partial charge in [-0.1, -0.05) is 31.2 Å². The van der Waals surface area contributed by atoms with Crippen LogP contribution in [0.1, 0.15) is 37.0 Å². The number of aryl methyl sites for hydroxylation is 1. The number of para-hydroxylation sites is 2. The molecule has 166 valence electrons. The summed E-state index contributed by atoms with van der Waals surface area (Å²) in [6.07, 6.45) is 1.93. The van der Waals surface area contributed by atoms with E-state index in [0.29, 0.717) is 13.0 Å². The number of carbonyl (C=O) groups excluding carboxylic acids is 1. The van der Waals surface area contributed by atoms with Gasteiger partial charge in [-0.25, -0.2) is 0 Å². The number of rotatable bonds is 6. The summed E-state index contributed by atoms with van der Waals surface area (Å²) in [5, 5.41) is 10.9. The molecule has 0 bridgehead atoms. The quantitative estimate of drug-likeness (QED) is 0.773. The van der Waals surface area contributed by atoms with E-state index in [9.17, 15) is 9.90 Å². The topological polar surface area (TPSA) is 56.3 Å². The van der Waals surface area contributed by atoms with Gasteiger partial charge in [0.2, 0.25) is 5.91 Å². The lowest BCUT2D eigenvalue weighted by Gasteiger charge is -2.37. The van der Waals surface area contributed by atoms with Crippen molar-refractivity contribution in [1.82, 2.24) is 4.90 Å². The average molecular weight is 424 g/mol. The van der Waals surface area contributed by atoms with Crippen molar-refractivity contribution in [3.05, 3.63) is 53.6 Å². The molecule has 0 unspecified atom stereocenters. The number of benzene rings is 2. The molecular formula is C25H33N3O3. The highest BCUT2D eigenvalue weighted by atomic mass is 16.5. The van der Waals surface area contributed by atoms with Crippen LogP contribution in [0.15, 0.2) is 42.5 Å². The van der Waals surface area contributed by atoms with Crippen molar-refractivity contribution >= 4 is 17.3 Å². The van der Waals surface area contributed by atoms with Crippen molar-refractivity contribution in [1.29, 1.82) is 0 Å². The highest BCUT2D eigenvalue weighted by Gasteiger charge is 2.24.